The van der Waals surface area contributed by atoms with Crippen LogP contribution in [0.4, 0.5) is 5.13 Å². The molecule has 1 aromatic carbocycles. The standard InChI is InChI=1S/C15H19N3S/c1-18(13-7-8-13)15-17-12(10-19-15)9-14(16)11-5-3-2-4-6-11/h2-6,10,13-14H,7-9,16H2,1H3. The summed E-state index contributed by atoms with van der Waals surface area (Å²) in [6.07, 6.45) is 3.41. The summed E-state index contributed by atoms with van der Waals surface area (Å²) in [6.45, 7) is 0. The second-order valence-electron chi connectivity index (χ2n) is 5.18. The minimum atomic E-state index is 0.0300. The number of anilines is 1. The van der Waals surface area contributed by atoms with Gasteiger partial charge in [0.1, 0.15) is 0 Å². The topological polar surface area (TPSA) is 42.2 Å². The van der Waals surface area contributed by atoms with Gasteiger partial charge in [-0.25, -0.2) is 4.98 Å². The second-order valence-corrected chi connectivity index (χ2v) is 6.02. The van der Waals surface area contributed by atoms with E-state index in [4.69, 9.17) is 10.7 Å². The van der Waals surface area contributed by atoms with Crippen LogP contribution in [0.3, 0.4) is 0 Å². The maximum absolute atomic E-state index is 6.24. The van der Waals surface area contributed by atoms with Crippen LogP contribution >= 0.6 is 11.3 Å². The Labute approximate surface area is 118 Å². The summed E-state index contributed by atoms with van der Waals surface area (Å²) in [7, 11) is 2.14. The van der Waals surface area contributed by atoms with Crippen molar-refractivity contribution >= 4 is 16.5 Å². The van der Waals surface area contributed by atoms with Gasteiger partial charge in [0.05, 0.1) is 5.69 Å². The van der Waals surface area contributed by atoms with E-state index < -0.39 is 0 Å². The van der Waals surface area contributed by atoms with Gasteiger partial charge < -0.3 is 10.6 Å². The van der Waals surface area contributed by atoms with Gasteiger partial charge in [0.25, 0.3) is 0 Å². The Kier molecular flexibility index (Phi) is 3.53. The third kappa shape index (κ3) is 2.96. The lowest BCUT2D eigenvalue weighted by Gasteiger charge is -2.14. The first-order valence-electron chi connectivity index (χ1n) is 6.72. The van der Waals surface area contributed by atoms with Crippen LogP contribution in [-0.2, 0) is 6.42 Å². The molecule has 1 aliphatic carbocycles. The van der Waals surface area contributed by atoms with Crippen LogP contribution in [0.25, 0.3) is 0 Å². The molecule has 1 unspecified atom stereocenters. The van der Waals surface area contributed by atoms with Gasteiger partial charge in [-0.3, -0.25) is 0 Å². The first-order chi connectivity index (χ1) is 9.24. The highest BCUT2D eigenvalue weighted by atomic mass is 32.1. The molecule has 4 heteroatoms. The van der Waals surface area contributed by atoms with Crippen molar-refractivity contribution in [2.24, 2.45) is 5.73 Å². The highest BCUT2D eigenvalue weighted by molar-refractivity contribution is 7.13. The molecule has 1 saturated carbocycles. The number of rotatable bonds is 5. The van der Waals surface area contributed by atoms with Crippen molar-refractivity contribution in [2.45, 2.75) is 31.3 Å². The Morgan fingerprint density at radius 3 is 2.79 bits per heavy atom. The Balaban J connectivity index is 1.66. The van der Waals surface area contributed by atoms with Crippen LogP contribution in [0.5, 0.6) is 0 Å². The lowest BCUT2D eigenvalue weighted by atomic mass is 10.0. The molecule has 0 amide bonds. The predicted molar refractivity (Wildman–Crippen MR) is 80.6 cm³/mol. The number of nitrogens with two attached hydrogens (primary N) is 1. The van der Waals surface area contributed by atoms with Gasteiger partial charge in [0, 0.05) is 30.9 Å². The molecule has 0 saturated heterocycles. The van der Waals surface area contributed by atoms with Crippen molar-refractivity contribution in [2.75, 3.05) is 11.9 Å². The highest BCUT2D eigenvalue weighted by Crippen LogP contribution is 2.32. The van der Waals surface area contributed by atoms with Crippen LogP contribution in [0.2, 0.25) is 0 Å². The molecule has 3 nitrogen and oxygen atoms in total. The molecule has 19 heavy (non-hydrogen) atoms. The fraction of sp³-hybridized carbons (Fsp3) is 0.400. The Morgan fingerprint density at radius 2 is 2.11 bits per heavy atom. The quantitative estimate of drug-likeness (QED) is 0.910. The lowest BCUT2D eigenvalue weighted by molar-refractivity contribution is 0.709. The summed E-state index contributed by atoms with van der Waals surface area (Å²) in [6, 6.07) is 11.0. The van der Waals surface area contributed by atoms with E-state index in [1.54, 1.807) is 11.3 Å². The number of nitrogens with zero attached hydrogens (tertiary/aromatic N) is 2. The van der Waals surface area contributed by atoms with Crippen molar-refractivity contribution < 1.29 is 0 Å². The number of thiazole rings is 1. The molecule has 3 rings (SSSR count). The van der Waals surface area contributed by atoms with Crippen molar-refractivity contribution in [1.82, 2.24) is 4.98 Å². The largest absolute Gasteiger partial charge is 0.348 e. The fourth-order valence-electron chi connectivity index (χ4n) is 2.21. The van der Waals surface area contributed by atoms with Crippen LogP contribution < -0.4 is 10.6 Å². The summed E-state index contributed by atoms with van der Waals surface area (Å²) in [4.78, 5) is 7.00. The van der Waals surface area contributed by atoms with Gasteiger partial charge in [-0.1, -0.05) is 30.3 Å². The molecular formula is C15H19N3S. The molecule has 0 spiro atoms. The summed E-state index contributed by atoms with van der Waals surface area (Å²) >= 11 is 1.72. The first-order valence-corrected chi connectivity index (χ1v) is 7.60. The van der Waals surface area contributed by atoms with Gasteiger partial charge in [-0.2, -0.15) is 0 Å². The molecular weight excluding hydrogens is 254 g/mol. The van der Waals surface area contributed by atoms with E-state index in [1.807, 2.05) is 18.2 Å². The van der Waals surface area contributed by atoms with E-state index in [0.29, 0.717) is 6.04 Å². The van der Waals surface area contributed by atoms with Crippen molar-refractivity contribution in [3.63, 3.8) is 0 Å². The van der Waals surface area contributed by atoms with E-state index in [2.05, 4.69) is 29.5 Å². The predicted octanol–water partition coefficient (Wildman–Crippen LogP) is 2.98. The second kappa shape index (κ2) is 5.31. The normalized spacial score (nSPS) is 16.3. The highest BCUT2D eigenvalue weighted by Gasteiger charge is 2.28. The molecule has 1 atom stereocenters. The molecule has 0 bridgehead atoms. The lowest BCUT2D eigenvalue weighted by Crippen LogP contribution is -2.19. The smallest absolute Gasteiger partial charge is 0.185 e. The minimum Gasteiger partial charge on any atom is -0.348 e. The molecule has 100 valence electrons. The van der Waals surface area contributed by atoms with Gasteiger partial charge >= 0.3 is 0 Å². The zero-order valence-corrected chi connectivity index (χ0v) is 11.9. The summed E-state index contributed by atoms with van der Waals surface area (Å²) < 4.78 is 0. The molecule has 2 N–H and O–H groups in total. The average molecular weight is 273 g/mol. The van der Waals surface area contributed by atoms with Crippen molar-refractivity contribution in [3.8, 4) is 0 Å². The summed E-state index contributed by atoms with van der Waals surface area (Å²) in [5.41, 5.74) is 8.51. The van der Waals surface area contributed by atoms with E-state index in [1.165, 1.54) is 18.4 Å². The molecule has 0 radical (unpaired) electrons. The maximum atomic E-state index is 6.24. The van der Waals surface area contributed by atoms with Crippen LogP contribution in [0.1, 0.15) is 30.1 Å². The molecule has 1 fully saturated rings. The van der Waals surface area contributed by atoms with Crippen LogP contribution in [-0.4, -0.2) is 18.1 Å². The third-order valence-electron chi connectivity index (χ3n) is 3.59. The Bertz CT molecular complexity index is 533. The number of hydrogen-bond acceptors (Lipinski definition) is 4. The monoisotopic (exact) mass is 273 g/mol. The van der Waals surface area contributed by atoms with Crippen molar-refractivity contribution in [1.29, 1.82) is 0 Å². The first kappa shape index (κ1) is 12.6. The van der Waals surface area contributed by atoms with Crippen LogP contribution in [0.15, 0.2) is 35.7 Å². The van der Waals surface area contributed by atoms with E-state index in [0.717, 1.165) is 17.2 Å². The van der Waals surface area contributed by atoms with Gasteiger partial charge in [-0.15, -0.1) is 11.3 Å². The zero-order chi connectivity index (χ0) is 13.2. The van der Waals surface area contributed by atoms with Gasteiger partial charge in [0.2, 0.25) is 0 Å². The number of hydrogen-bond donors (Lipinski definition) is 1. The van der Waals surface area contributed by atoms with Crippen molar-refractivity contribution in [3.05, 3.63) is 47.0 Å². The minimum absolute atomic E-state index is 0.0300. The molecule has 0 aliphatic heterocycles. The SMILES string of the molecule is CN(c1nc(CC(N)c2ccccc2)cs1)C1CC1. The van der Waals surface area contributed by atoms with Crippen LogP contribution in [0, 0.1) is 0 Å². The molecule has 1 aromatic heterocycles. The van der Waals surface area contributed by atoms with E-state index in [-0.39, 0.29) is 6.04 Å². The van der Waals surface area contributed by atoms with E-state index >= 15 is 0 Å². The third-order valence-corrected chi connectivity index (χ3v) is 4.57. The average Bonchev–Trinajstić information content (AvgIpc) is 3.19. The Hall–Kier alpha value is -1.39. The summed E-state index contributed by atoms with van der Waals surface area (Å²) in [5.74, 6) is 0. The van der Waals surface area contributed by atoms with Gasteiger partial charge in [0.15, 0.2) is 5.13 Å². The maximum Gasteiger partial charge on any atom is 0.185 e. The number of benzene rings is 1. The number of aromatic nitrogens is 1. The zero-order valence-electron chi connectivity index (χ0n) is 11.1. The molecule has 1 heterocycles. The fourth-order valence-corrected chi connectivity index (χ4v) is 3.09. The van der Waals surface area contributed by atoms with Gasteiger partial charge in [-0.05, 0) is 18.4 Å². The molecule has 1 aliphatic rings. The Morgan fingerprint density at radius 1 is 1.37 bits per heavy atom. The summed E-state index contributed by atoms with van der Waals surface area (Å²) in [5, 5.41) is 3.26. The molecule has 2 aromatic rings. The van der Waals surface area contributed by atoms with E-state index in [9.17, 15) is 0 Å².